The summed E-state index contributed by atoms with van der Waals surface area (Å²) in [6.07, 6.45) is 3.60. The number of aromatic nitrogens is 2. The molecule has 5 heteroatoms. The topological polar surface area (TPSA) is 71.8 Å². The van der Waals surface area contributed by atoms with Gasteiger partial charge in [-0.05, 0) is 30.6 Å². The monoisotopic (exact) mass is 241 g/mol. The third-order valence-corrected chi connectivity index (χ3v) is 4.19. The molecule has 1 aliphatic carbocycles. The van der Waals surface area contributed by atoms with E-state index in [-0.39, 0.29) is 10.8 Å². The summed E-state index contributed by atoms with van der Waals surface area (Å²) in [6.45, 7) is 5.16. The van der Waals surface area contributed by atoms with Crippen molar-refractivity contribution in [3.8, 4) is 0 Å². The van der Waals surface area contributed by atoms with Crippen molar-refractivity contribution in [2.75, 3.05) is 6.54 Å². The summed E-state index contributed by atoms with van der Waals surface area (Å²) in [4.78, 5) is 13.8. The summed E-state index contributed by atoms with van der Waals surface area (Å²) in [5, 5.41) is 0. The molecule has 16 heavy (non-hydrogen) atoms. The van der Waals surface area contributed by atoms with Crippen molar-refractivity contribution in [1.29, 1.82) is 0 Å². The highest BCUT2D eigenvalue weighted by atomic mass is 32.1. The fourth-order valence-corrected chi connectivity index (χ4v) is 3.27. The molecular weight excluding hydrogens is 222 g/mol. The zero-order chi connectivity index (χ0) is 11.8. The van der Waals surface area contributed by atoms with Crippen molar-refractivity contribution >= 4 is 11.5 Å². The van der Waals surface area contributed by atoms with Crippen LogP contribution in [0.3, 0.4) is 0 Å². The maximum atomic E-state index is 11.1. The Labute approximate surface area is 99.4 Å². The zero-order valence-corrected chi connectivity index (χ0v) is 10.6. The van der Waals surface area contributed by atoms with E-state index in [1.807, 2.05) is 0 Å². The number of aromatic amines is 1. The molecular formula is C11H19N3OS. The number of rotatable bonds is 3. The Morgan fingerprint density at radius 2 is 2.44 bits per heavy atom. The van der Waals surface area contributed by atoms with E-state index in [9.17, 15) is 4.79 Å². The first-order valence-corrected chi connectivity index (χ1v) is 6.55. The van der Waals surface area contributed by atoms with Crippen molar-refractivity contribution < 1.29 is 0 Å². The average molecular weight is 241 g/mol. The van der Waals surface area contributed by atoms with E-state index >= 15 is 0 Å². The van der Waals surface area contributed by atoms with Crippen molar-refractivity contribution in [2.24, 2.45) is 17.1 Å². The number of hydrogen-bond donors (Lipinski definition) is 2. The second-order valence-corrected chi connectivity index (χ2v) is 6.23. The van der Waals surface area contributed by atoms with Crippen molar-refractivity contribution in [1.82, 2.24) is 9.36 Å². The lowest BCUT2D eigenvalue weighted by molar-refractivity contribution is 0.336. The Kier molecular flexibility index (Phi) is 3.17. The summed E-state index contributed by atoms with van der Waals surface area (Å²) < 4.78 is 4.17. The molecule has 0 saturated heterocycles. The SMILES string of the molecule is CC1(C)CCC([C@@H](CN)c2nsc(=O)[nH]2)C1. The minimum Gasteiger partial charge on any atom is -0.330 e. The van der Waals surface area contributed by atoms with Gasteiger partial charge in [-0.15, -0.1) is 0 Å². The van der Waals surface area contributed by atoms with Crippen LogP contribution < -0.4 is 10.6 Å². The lowest BCUT2D eigenvalue weighted by atomic mass is 9.85. The van der Waals surface area contributed by atoms with Gasteiger partial charge >= 0.3 is 4.87 Å². The second kappa shape index (κ2) is 4.30. The second-order valence-electron chi connectivity index (χ2n) is 5.49. The van der Waals surface area contributed by atoms with Gasteiger partial charge in [-0.2, -0.15) is 4.37 Å². The van der Waals surface area contributed by atoms with Gasteiger partial charge in [-0.3, -0.25) is 9.78 Å². The summed E-state index contributed by atoms with van der Waals surface area (Å²) in [5.74, 6) is 1.58. The van der Waals surface area contributed by atoms with E-state index < -0.39 is 0 Å². The van der Waals surface area contributed by atoms with Gasteiger partial charge in [0.05, 0.1) is 0 Å². The highest BCUT2D eigenvalue weighted by Gasteiger charge is 2.36. The number of nitrogens with zero attached hydrogens (tertiary/aromatic N) is 1. The molecule has 1 unspecified atom stereocenters. The summed E-state index contributed by atoms with van der Waals surface area (Å²) in [5.41, 5.74) is 6.24. The van der Waals surface area contributed by atoms with E-state index in [0.29, 0.717) is 17.9 Å². The first kappa shape index (κ1) is 11.8. The summed E-state index contributed by atoms with van der Waals surface area (Å²) in [7, 11) is 0. The highest BCUT2D eigenvalue weighted by Crippen LogP contribution is 2.45. The van der Waals surface area contributed by atoms with Crippen LogP contribution in [0.15, 0.2) is 4.79 Å². The molecule has 4 nitrogen and oxygen atoms in total. The van der Waals surface area contributed by atoms with Crippen LogP contribution >= 0.6 is 11.5 Å². The van der Waals surface area contributed by atoms with Crippen LogP contribution in [0.5, 0.6) is 0 Å². The van der Waals surface area contributed by atoms with Gasteiger partial charge in [-0.1, -0.05) is 13.8 Å². The summed E-state index contributed by atoms with van der Waals surface area (Å²) >= 11 is 0.990. The molecule has 1 aliphatic rings. The lowest BCUT2D eigenvalue weighted by Gasteiger charge is -2.22. The smallest absolute Gasteiger partial charge is 0.323 e. The van der Waals surface area contributed by atoms with Gasteiger partial charge in [0.15, 0.2) is 0 Å². The van der Waals surface area contributed by atoms with Crippen LogP contribution in [0.25, 0.3) is 0 Å². The Hall–Kier alpha value is -0.680. The molecule has 1 fully saturated rings. The molecule has 1 aromatic heterocycles. The predicted octanol–water partition coefficient (Wildman–Crippen LogP) is 1.70. The maximum Gasteiger partial charge on any atom is 0.323 e. The van der Waals surface area contributed by atoms with Gasteiger partial charge in [0, 0.05) is 24.0 Å². The molecule has 1 saturated carbocycles. The normalized spacial score (nSPS) is 25.8. The minimum atomic E-state index is -0.0780. The Bertz CT molecular complexity index is 409. The van der Waals surface area contributed by atoms with Crippen molar-refractivity contribution in [2.45, 2.75) is 39.0 Å². The Balaban J connectivity index is 2.15. The van der Waals surface area contributed by atoms with Crippen LogP contribution in [-0.4, -0.2) is 15.9 Å². The van der Waals surface area contributed by atoms with Gasteiger partial charge in [-0.25, -0.2) is 0 Å². The number of hydrogen-bond acceptors (Lipinski definition) is 4. The predicted molar refractivity (Wildman–Crippen MR) is 65.7 cm³/mol. The molecule has 2 atom stereocenters. The molecule has 90 valence electrons. The van der Waals surface area contributed by atoms with E-state index in [4.69, 9.17) is 5.73 Å². The number of H-pyrrole nitrogens is 1. The van der Waals surface area contributed by atoms with Crippen molar-refractivity contribution in [3.05, 3.63) is 15.5 Å². The molecule has 0 spiro atoms. The minimum absolute atomic E-state index is 0.0780. The molecule has 0 bridgehead atoms. The number of nitrogens with one attached hydrogen (secondary N) is 1. The van der Waals surface area contributed by atoms with Crippen LogP contribution in [0.2, 0.25) is 0 Å². The van der Waals surface area contributed by atoms with Crippen molar-refractivity contribution in [3.63, 3.8) is 0 Å². The summed E-state index contributed by atoms with van der Waals surface area (Å²) in [6, 6.07) is 0. The number of nitrogens with two attached hydrogens (primary N) is 1. The zero-order valence-electron chi connectivity index (χ0n) is 9.82. The van der Waals surface area contributed by atoms with Crippen LogP contribution in [0.4, 0.5) is 0 Å². The highest BCUT2D eigenvalue weighted by molar-refractivity contribution is 7.02. The van der Waals surface area contributed by atoms with Gasteiger partial charge in [0.25, 0.3) is 0 Å². The van der Waals surface area contributed by atoms with E-state index in [1.165, 1.54) is 19.3 Å². The van der Waals surface area contributed by atoms with Gasteiger partial charge in [0.1, 0.15) is 5.82 Å². The fourth-order valence-electron chi connectivity index (χ4n) is 2.76. The lowest BCUT2D eigenvalue weighted by Crippen LogP contribution is -2.22. The average Bonchev–Trinajstić information content (AvgIpc) is 2.75. The quantitative estimate of drug-likeness (QED) is 0.846. The standard InChI is InChI=1S/C11H19N3OS/c1-11(2)4-3-7(5-11)8(6-12)9-13-10(15)16-14-9/h7-8H,3-6,12H2,1-2H3,(H,13,14,15)/t7?,8-/m1/s1. The third-order valence-electron chi connectivity index (χ3n) is 3.64. The Morgan fingerprint density at radius 3 is 2.88 bits per heavy atom. The molecule has 1 heterocycles. The largest absolute Gasteiger partial charge is 0.330 e. The van der Waals surface area contributed by atoms with Gasteiger partial charge < -0.3 is 5.73 Å². The maximum absolute atomic E-state index is 11.1. The first-order chi connectivity index (χ1) is 7.52. The van der Waals surface area contributed by atoms with E-state index in [0.717, 1.165) is 17.4 Å². The molecule has 2 rings (SSSR count). The van der Waals surface area contributed by atoms with E-state index in [1.54, 1.807) is 0 Å². The fraction of sp³-hybridized carbons (Fsp3) is 0.818. The van der Waals surface area contributed by atoms with Crippen LogP contribution in [0, 0.1) is 11.3 Å². The third kappa shape index (κ3) is 2.35. The molecule has 3 N–H and O–H groups in total. The van der Waals surface area contributed by atoms with Gasteiger partial charge in [0.2, 0.25) is 0 Å². The Morgan fingerprint density at radius 1 is 1.69 bits per heavy atom. The molecule has 0 aliphatic heterocycles. The molecule has 1 aromatic rings. The van der Waals surface area contributed by atoms with Crippen LogP contribution in [0.1, 0.15) is 44.9 Å². The molecule has 0 radical (unpaired) electrons. The molecule has 0 amide bonds. The molecule has 0 aromatic carbocycles. The van der Waals surface area contributed by atoms with Crippen LogP contribution in [-0.2, 0) is 0 Å². The van der Waals surface area contributed by atoms with E-state index in [2.05, 4.69) is 23.2 Å². The first-order valence-electron chi connectivity index (χ1n) is 5.78.